The second-order valence-corrected chi connectivity index (χ2v) is 8.35. The lowest BCUT2D eigenvalue weighted by Crippen LogP contribution is -2.42. The van der Waals surface area contributed by atoms with Crippen LogP contribution in [0.5, 0.6) is 0 Å². The van der Waals surface area contributed by atoms with Gasteiger partial charge in [0.15, 0.2) is 5.84 Å². The number of amidine groups is 1. The normalized spacial score (nSPS) is 18.1. The van der Waals surface area contributed by atoms with Crippen molar-refractivity contribution in [2.75, 3.05) is 7.11 Å². The number of ether oxygens (including phenoxy) is 1. The number of methoxy groups -OCH3 is 1. The Labute approximate surface area is 202 Å². The summed E-state index contributed by atoms with van der Waals surface area (Å²) in [6, 6.07) is 20.3. The molecule has 0 unspecified atom stereocenters. The van der Waals surface area contributed by atoms with Gasteiger partial charge < -0.3 is 20.6 Å². The van der Waals surface area contributed by atoms with E-state index in [1.807, 2.05) is 30.3 Å². The molecule has 3 N–H and O–H groups in total. The number of nitrogens with zero attached hydrogens (tertiary/aromatic N) is 2. The average molecular weight is 478 g/mol. The number of nitrogens with two attached hydrogens (primary N) is 1. The van der Waals surface area contributed by atoms with E-state index in [1.54, 1.807) is 47.4 Å². The van der Waals surface area contributed by atoms with Crippen molar-refractivity contribution in [2.24, 2.45) is 10.9 Å². The molecule has 1 aliphatic heterocycles. The van der Waals surface area contributed by atoms with E-state index >= 15 is 0 Å². The maximum Gasteiger partial charge on any atom is 0.328 e. The Bertz CT molecular complexity index is 1260. The lowest BCUT2D eigenvalue weighted by molar-refractivity contribution is -0.145. The zero-order chi connectivity index (χ0) is 24.2. The summed E-state index contributed by atoms with van der Waals surface area (Å²) in [5, 5.41) is 12.9. The van der Waals surface area contributed by atoms with Crippen LogP contribution >= 0.6 is 11.6 Å². The van der Waals surface area contributed by atoms with E-state index in [-0.39, 0.29) is 11.7 Å². The molecule has 2 atom stereocenters. The van der Waals surface area contributed by atoms with Crippen molar-refractivity contribution in [1.82, 2.24) is 4.90 Å². The van der Waals surface area contributed by atoms with Gasteiger partial charge in [0.05, 0.1) is 13.2 Å². The van der Waals surface area contributed by atoms with E-state index in [9.17, 15) is 14.8 Å². The predicted octanol–water partition coefficient (Wildman–Crippen LogP) is 4.62. The maximum atomic E-state index is 14.1. The SMILES string of the molecule is COC(=O)[C@@H]1CC[C@H](c2ccccc2Cl)N1C(=O)c1ccccc1-c1ccccc1/C(N)=N\O. The van der Waals surface area contributed by atoms with Crippen molar-refractivity contribution in [3.05, 3.63) is 94.5 Å². The third-order valence-electron chi connectivity index (χ3n) is 6.12. The van der Waals surface area contributed by atoms with E-state index in [2.05, 4.69) is 5.16 Å². The highest BCUT2D eigenvalue weighted by Crippen LogP contribution is 2.41. The van der Waals surface area contributed by atoms with Gasteiger partial charge in [-0.3, -0.25) is 4.79 Å². The number of carbonyl (C=O) groups excluding carboxylic acids is 2. The molecule has 8 heteroatoms. The van der Waals surface area contributed by atoms with Gasteiger partial charge in [0.25, 0.3) is 5.91 Å². The van der Waals surface area contributed by atoms with Gasteiger partial charge >= 0.3 is 5.97 Å². The van der Waals surface area contributed by atoms with Crippen LogP contribution in [0.2, 0.25) is 5.02 Å². The molecule has 0 aromatic heterocycles. The number of esters is 1. The molecule has 0 bridgehead atoms. The highest BCUT2D eigenvalue weighted by molar-refractivity contribution is 6.31. The molecule has 3 aromatic rings. The number of halogens is 1. The Hall–Kier alpha value is -3.84. The molecule has 0 aliphatic carbocycles. The second-order valence-electron chi connectivity index (χ2n) is 7.94. The van der Waals surface area contributed by atoms with Gasteiger partial charge in [-0.15, -0.1) is 0 Å². The van der Waals surface area contributed by atoms with E-state index in [0.717, 1.165) is 5.56 Å². The van der Waals surface area contributed by atoms with Gasteiger partial charge in [0, 0.05) is 16.1 Å². The number of rotatable bonds is 5. The summed E-state index contributed by atoms with van der Waals surface area (Å²) in [5.74, 6) is -0.874. The van der Waals surface area contributed by atoms with Crippen molar-refractivity contribution in [1.29, 1.82) is 0 Å². The van der Waals surface area contributed by atoms with Crippen molar-refractivity contribution in [3.8, 4) is 11.1 Å². The number of hydrogen-bond acceptors (Lipinski definition) is 5. The van der Waals surface area contributed by atoms with Crippen LogP contribution in [0.4, 0.5) is 0 Å². The third kappa shape index (κ3) is 4.22. The standard InChI is InChI=1S/C26H24ClN3O4/c1-34-26(32)23-15-14-22(20-12-6-7-13-21(20)27)30(23)25(31)19-11-5-3-9-17(19)16-8-2-4-10-18(16)24(28)29-33/h2-13,22-23,33H,14-15H2,1H3,(H2,28,29)/t22-,23+/m1/s1. The van der Waals surface area contributed by atoms with Gasteiger partial charge in [0.1, 0.15) is 6.04 Å². The summed E-state index contributed by atoms with van der Waals surface area (Å²) in [7, 11) is 1.31. The minimum absolute atomic E-state index is 0.0691. The Morgan fingerprint density at radius 1 is 0.971 bits per heavy atom. The summed E-state index contributed by atoms with van der Waals surface area (Å²) in [5.41, 5.74) is 8.78. The summed E-state index contributed by atoms with van der Waals surface area (Å²) in [6.07, 6.45) is 1.02. The molecule has 7 nitrogen and oxygen atoms in total. The van der Waals surface area contributed by atoms with Crippen LogP contribution in [0.1, 0.15) is 40.4 Å². The summed E-state index contributed by atoms with van der Waals surface area (Å²) >= 11 is 6.48. The van der Waals surface area contributed by atoms with Crippen molar-refractivity contribution in [3.63, 3.8) is 0 Å². The minimum atomic E-state index is -0.744. The van der Waals surface area contributed by atoms with Gasteiger partial charge in [-0.1, -0.05) is 77.4 Å². The first-order valence-electron chi connectivity index (χ1n) is 10.8. The third-order valence-corrected chi connectivity index (χ3v) is 6.46. The van der Waals surface area contributed by atoms with Crippen molar-refractivity contribution in [2.45, 2.75) is 24.9 Å². The largest absolute Gasteiger partial charge is 0.467 e. The van der Waals surface area contributed by atoms with Crippen LogP contribution in [-0.4, -0.2) is 41.0 Å². The molecular formula is C26H24ClN3O4. The van der Waals surface area contributed by atoms with E-state index in [4.69, 9.17) is 22.1 Å². The van der Waals surface area contributed by atoms with Crippen LogP contribution in [0.15, 0.2) is 78.0 Å². The number of amides is 1. The smallest absolute Gasteiger partial charge is 0.328 e. The van der Waals surface area contributed by atoms with E-state index in [1.165, 1.54) is 7.11 Å². The molecular weight excluding hydrogens is 454 g/mol. The van der Waals surface area contributed by atoms with Crippen molar-refractivity contribution >= 4 is 29.3 Å². The zero-order valence-corrected chi connectivity index (χ0v) is 19.3. The van der Waals surface area contributed by atoms with Gasteiger partial charge in [-0.2, -0.15) is 0 Å². The van der Waals surface area contributed by atoms with Gasteiger partial charge in [0.2, 0.25) is 0 Å². The quantitative estimate of drug-likeness (QED) is 0.183. The summed E-state index contributed by atoms with van der Waals surface area (Å²) < 4.78 is 5.02. The van der Waals surface area contributed by atoms with Crippen LogP contribution in [0.25, 0.3) is 11.1 Å². The lowest BCUT2D eigenvalue weighted by Gasteiger charge is -2.30. The van der Waals surface area contributed by atoms with Gasteiger partial charge in [-0.05, 0) is 41.7 Å². The summed E-state index contributed by atoms with van der Waals surface area (Å²) in [6.45, 7) is 0. The summed E-state index contributed by atoms with van der Waals surface area (Å²) in [4.78, 5) is 28.3. The molecule has 4 rings (SSSR count). The highest BCUT2D eigenvalue weighted by Gasteiger charge is 2.43. The molecule has 0 radical (unpaired) electrons. The Balaban J connectivity index is 1.85. The van der Waals surface area contributed by atoms with Crippen LogP contribution in [-0.2, 0) is 9.53 Å². The molecule has 0 spiro atoms. The Morgan fingerprint density at radius 2 is 1.56 bits per heavy atom. The number of oxime groups is 1. The predicted molar refractivity (Wildman–Crippen MR) is 130 cm³/mol. The number of benzene rings is 3. The molecule has 34 heavy (non-hydrogen) atoms. The molecule has 1 saturated heterocycles. The van der Waals surface area contributed by atoms with Crippen LogP contribution in [0, 0.1) is 0 Å². The van der Waals surface area contributed by atoms with Gasteiger partial charge in [-0.25, -0.2) is 4.79 Å². The molecule has 1 aliphatic rings. The topological polar surface area (TPSA) is 105 Å². The lowest BCUT2D eigenvalue weighted by atomic mass is 9.93. The average Bonchev–Trinajstić information content (AvgIpc) is 3.32. The maximum absolute atomic E-state index is 14.1. The first-order valence-corrected chi connectivity index (χ1v) is 11.2. The molecule has 0 saturated carbocycles. The Kier molecular flexibility index (Phi) is 6.84. The first kappa shape index (κ1) is 23.3. The fraction of sp³-hybridized carbons (Fsp3) is 0.192. The molecule has 3 aromatic carbocycles. The molecule has 1 fully saturated rings. The monoisotopic (exact) mass is 477 g/mol. The van der Waals surface area contributed by atoms with E-state index in [0.29, 0.717) is 40.1 Å². The number of hydrogen-bond donors (Lipinski definition) is 2. The molecule has 174 valence electrons. The van der Waals surface area contributed by atoms with Crippen LogP contribution in [0.3, 0.4) is 0 Å². The molecule has 1 heterocycles. The van der Waals surface area contributed by atoms with Crippen LogP contribution < -0.4 is 5.73 Å². The Morgan fingerprint density at radius 3 is 2.21 bits per heavy atom. The highest BCUT2D eigenvalue weighted by atomic mass is 35.5. The minimum Gasteiger partial charge on any atom is -0.467 e. The fourth-order valence-electron chi connectivity index (χ4n) is 4.55. The first-order chi connectivity index (χ1) is 16.5. The van der Waals surface area contributed by atoms with Crippen molar-refractivity contribution < 1.29 is 19.5 Å². The molecule has 1 amide bonds. The number of likely N-dealkylation sites (tertiary alicyclic amines) is 1. The number of carbonyl (C=O) groups is 2. The zero-order valence-electron chi connectivity index (χ0n) is 18.5. The fourth-order valence-corrected chi connectivity index (χ4v) is 4.81. The second kappa shape index (κ2) is 9.97. The van der Waals surface area contributed by atoms with E-state index < -0.39 is 18.1 Å².